The van der Waals surface area contributed by atoms with Gasteiger partial charge in [0, 0.05) is 6.92 Å². The molecule has 0 aliphatic heterocycles. The Morgan fingerprint density at radius 2 is 2.33 bits per heavy atom. The third-order valence-corrected chi connectivity index (χ3v) is 2.03. The summed E-state index contributed by atoms with van der Waals surface area (Å²) in [7, 11) is 0. The summed E-state index contributed by atoms with van der Waals surface area (Å²) in [5.74, 6) is -1.05. The molecule has 0 amide bonds. The van der Waals surface area contributed by atoms with Crippen LogP contribution in [-0.4, -0.2) is 5.97 Å². The van der Waals surface area contributed by atoms with Gasteiger partial charge in [0.2, 0.25) is 5.51 Å². The fourth-order valence-electron chi connectivity index (χ4n) is 0.654. The molecule has 0 saturated heterocycles. The van der Waals surface area contributed by atoms with Crippen LogP contribution in [0.15, 0.2) is 10.9 Å². The third kappa shape index (κ3) is 4.42. The summed E-state index contributed by atoms with van der Waals surface area (Å²) in [4.78, 5) is 10.1. The van der Waals surface area contributed by atoms with E-state index in [0.29, 0.717) is 0 Å². The Labute approximate surface area is 103 Å². The maximum absolute atomic E-state index is 10.1. The Hall–Kier alpha value is 0.390. The molecule has 0 radical (unpaired) electrons. The molecule has 0 N–H and O–H groups in total. The van der Waals surface area contributed by atoms with E-state index in [2.05, 4.69) is 0 Å². The van der Waals surface area contributed by atoms with Crippen molar-refractivity contribution < 1.29 is 56.4 Å². The van der Waals surface area contributed by atoms with Gasteiger partial charge in [-0.3, -0.25) is 0 Å². The summed E-state index contributed by atoms with van der Waals surface area (Å²) in [6.07, 6.45) is 0. The number of thiazole rings is 1. The van der Waals surface area contributed by atoms with Gasteiger partial charge >= 0.3 is 29.6 Å². The Morgan fingerprint density at radius 1 is 1.75 bits per heavy atom. The second-order valence-corrected chi connectivity index (χ2v) is 2.72. The van der Waals surface area contributed by atoms with Crippen LogP contribution < -0.4 is 51.6 Å². The average molecular weight is 216 g/mol. The molecule has 12 heavy (non-hydrogen) atoms. The molecule has 0 aliphatic carbocycles. The molecule has 0 bridgehead atoms. The van der Waals surface area contributed by atoms with Crippen molar-refractivity contribution in [3.8, 4) is 0 Å². The Bertz CT molecular complexity index is 253. The van der Waals surface area contributed by atoms with Crippen molar-refractivity contribution in [2.75, 3.05) is 0 Å². The van der Waals surface area contributed by atoms with Gasteiger partial charge < -0.3 is 22.3 Å². The van der Waals surface area contributed by atoms with Crippen LogP contribution in [0, 0.1) is 6.92 Å². The van der Waals surface area contributed by atoms with Crippen LogP contribution in [0.25, 0.3) is 0 Å². The molecule has 1 rings (SSSR count). The van der Waals surface area contributed by atoms with E-state index < -0.39 is 5.97 Å². The number of hydrogen-bond acceptors (Lipinski definition) is 3. The van der Waals surface area contributed by atoms with Crippen LogP contribution in [0.3, 0.4) is 0 Å². The summed E-state index contributed by atoms with van der Waals surface area (Å²) in [5, 5.41) is 12.0. The fraction of sp³-hybridized carbons (Fsp3) is 0.333. The number of carbonyl (C=O) groups excluding carboxylic acids is 1. The van der Waals surface area contributed by atoms with Gasteiger partial charge in [-0.1, -0.05) is 11.3 Å². The third-order valence-electron chi connectivity index (χ3n) is 1.18. The quantitative estimate of drug-likeness (QED) is 0.364. The summed E-state index contributed by atoms with van der Waals surface area (Å²) >= 11 is 1.48. The molecular formula is C6H7ClNNaO2S. The smallest absolute Gasteiger partial charge is 1.00 e. The zero-order chi connectivity index (χ0) is 7.56. The van der Waals surface area contributed by atoms with Gasteiger partial charge in [0.25, 0.3) is 0 Å². The number of rotatable bonds is 2. The predicted octanol–water partition coefficient (Wildman–Crippen LogP) is -6.90. The average Bonchev–Trinajstić information content (AvgIpc) is 2.15. The first-order valence-corrected chi connectivity index (χ1v) is 3.76. The molecule has 0 aromatic carbocycles. The number of nitrogens with zero attached hydrogens (tertiary/aromatic N) is 1. The van der Waals surface area contributed by atoms with E-state index >= 15 is 0 Å². The minimum Gasteiger partial charge on any atom is -1.00 e. The van der Waals surface area contributed by atoms with E-state index in [1.165, 1.54) is 11.3 Å². The van der Waals surface area contributed by atoms with E-state index in [4.69, 9.17) is 0 Å². The molecule has 0 fully saturated rings. The molecule has 0 spiro atoms. The Balaban J connectivity index is 0. The van der Waals surface area contributed by atoms with Crippen molar-refractivity contribution in [3.63, 3.8) is 0 Å². The van der Waals surface area contributed by atoms with Crippen molar-refractivity contribution in [2.45, 2.75) is 13.5 Å². The van der Waals surface area contributed by atoms with Crippen molar-refractivity contribution in [2.24, 2.45) is 0 Å². The first-order valence-electron chi connectivity index (χ1n) is 2.82. The summed E-state index contributed by atoms with van der Waals surface area (Å²) < 4.78 is 1.64. The van der Waals surface area contributed by atoms with Crippen LogP contribution in [0.5, 0.6) is 0 Å². The Kier molecular flexibility index (Phi) is 8.51. The number of aromatic nitrogens is 1. The van der Waals surface area contributed by atoms with E-state index in [1.54, 1.807) is 10.1 Å². The summed E-state index contributed by atoms with van der Waals surface area (Å²) in [6, 6.07) is 0. The molecule has 1 aromatic heterocycles. The van der Waals surface area contributed by atoms with Gasteiger partial charge in [-0.25, -0.2) is 0 Å². The second kappa shape index (κ2) is 6.86. The molecular weight excluding hydrogens is 209 g/mol. The molecule has 1 aromatic rings. The molecule has 0 atom stereocenters. The van der Waals surface area contributed by atoms with Crippen molar-refractivity contribution in [3.05, 3.63) is 16.6 Å². The normalized spacial score (nSPS) is 8.08. The molecule has 6 heteroatoms. The maximum Gasteiger partial charge on any atom is 1.00 e. The number of halogens is 1. The van der Waals surface area contributed by atoms with E-state index in [-0.39, 0.29) is 48.5 Å². The summed E-state index contributed by atoms with van der Waals surface area (Å²) in [5.41, 5.74) is 2.71. The van der Waals surface area contributed by atoms with Crippen LogP contribution in [0.2, 0.25) is 0 Å². The minimum absolute atomic E-state index is 0. The van der Waals surface area contributed by atoms with Crippen molar-refractivity contribution in [1.82, 2.24) is 0 Å². The van der Waals surface area contributed by atoms with Crippen LogP contribution in [-0.2, 0) is 11.3 Å². The van der Waals surface area contributed by atoms with Crippen LogP contribution in [0.1, 0.15) is 5.69 Å². The van der Waals surface area contributed by atoms with E-state index in [9.17, 15) is 9.90 Å². The minimum atomic E-state index is -1.05. The number of carboxylic acid groups (broad SMARTS) is 1. The first kappa shape index (κ1) is 14.9. The van der Waals surface area contributed by atoms with Gasteiger partial charge in [0.1, 0.15) is 5.97 Å². The van der Waals surface area contributed by atoms with Crippen molar-refractivity contribution >= 4 is 17.3 Å². The first-order chi connectivity index (χ1) is 4.70. The summed E-state index contributed by atoms with van der Waals surface area (Å²) in [6.45, 7) is 1.81. The van der Waals surface area contributed by atoms with Gasteiger partial charge in [-0.05, 0) is 0 Å². The molecule has 1 heterocycles. The maximum atomic E-state index is 10.1. The SMILES string of the molecule is Cc1csc[n+]1CC(=O)[O-].[Cl-].[Na+]. The monoisotopic (exact) mass is 215 g/mol. The van der Waals surface area contributed by atoms with E-state index in [1.807, 2.05) is 12.3 Å². The number of aliphatic carboxylic acids is 1. The molecule has 0 unspecified atom stereocenters. The number of hydrogen-bond donors (Lipinski definition) is 0. The number of carboxylic acids is 1. The molecule has 0 aliphatic rings. The van der Waals surface area contributed by atoms with E-state index in [0.717, 1.165) is 5.69 Å². The molecule has 3 nitrogen and oxygen atoms in total. The number of aryl methyl sites for hydroxylation is 1. The second-order valence-electron chi connectivity index (χ2n) is 2.00. The topological polar surface area (TPSA) is 44.0 Å². The van der Waals surface area contributed by atoms with Gasteiger partial charge in [0.05, 0.1) is 5.38 Å². The van der Waals surface area contributed by atoms with Crippen LogP contribution >= 0.6 is 11.3 Å². The molecule has 0 saturated carbocycles. The predicted molar refractivity (Wildman–Crippen MR) is 34.3 cm³/mol. The number of carbonyl (C=O) groups is 1. The van der Waals surface area contributed by atoms with Gasteiger partial charge in [0.15, 0.2) is 12.2 Å². The van der Waals surface area contributed by atoms with Gasteiger partial charge in [-0.2, -0.15) is 4.57 Å². The molecule has 62 valence electrons. The fourth-order valence-corrected chi connectivity index (χ4v) is 1.44. The zero-order valence-electron chi connectivity index (χ0n) is 6.91. The van der Waals surface area contributed by atoms with Crippen LogP contribution in [0.4, 0.5) is 0 Å². The largest absolute Gasteiger partial charge is 1.00 e. The standard InChI is InChI=1S/C6H7NO2S.ClH.Na/c1-5-3-10-4-7(5)2-6(8)9;;/h3-4H,2H2,1H3;1H;/q;;+1/p-1. The van der Waals surface area contributed by atoms with Crippen molar-refractivity contribution in [1.29, 1.82) is 0 Å². The van der Waals surface area contributed by atoms with Gasteiger partial charge in [-0.15, -0.1) is 0 Å². The Morgan fingerprint density at radius 3 is 2.67 bits per heavy atom. The zero-order valence-corrected chi connectivity index (χ0v) is 10.5.